The summed E-state index contributed by atoms with van der Waals surface area (Å²) in [6.07, 6.45) is 6.57. The molecule has 1 aliphatic heterocycles. The molecule has 0 atom stereocenters. The summed E-state index contributed by atoms with van der Waals surface area (Å²) in [5, 5.41) is 9.50. The topological polar surface area (TPSA) is 60.8 Å². The van der Waals surface area contributed by atoms with E-state index >= 15 is 0 Å². The van der Waals surface area contributed by atoms with Gasteiger partial charge in [0.1, 0.15) is 0 Å². The second-order valence-electron chi connectivity index (χ2n) is 5.61. The zero-order valence-electron chi connectivity index (χ0n) is 13.9. The number of rotatable bonds is 6. The Kier molecular flexibility index (Phi) is 5.06. The minimum absolute atomic E-state index is 0.471. The third-order valence-corrected chi connectivity index (χ3v) is 3.83. The van der Waals surface area contributed by atoms with Crippen LogP contribution in [0.15, 0.2) is 42.9 Å². The molecule has 0 amide bonds. The van der Waals surface area contributed by atoms with Crippen LogP contribution in [0.3, 0.4) is 0 Å². The number of pyridine rings is 1. The van der Waals surface area contributed by atoms with Gasteiger partial charge in [0.25, 0.3) is 0 Å². The van der Waals surface area contributed by atoms with Gasteiger partial charge in [-0.3, -0.25) is 4.98 Å². The molecule has 0 saturated heterocycles. The van der Waals surface area contributed by atoms with Crippen molar-refractivity contribution in [3.63, 3.8) is 0 Å². The minimum Gasteiger partial charge on any atom is -0.542 e. The second-order valence-corrected chi connectivity index (χ2v) is 5.61. The first-order valence-corrected chi connectivity index (χ1v) is 8.00. The molecule has 0 bridgehead atoms. The van der Waals surface area contributed by atoms with E-state index in [4.69, 9.17) is 14.1 Å². The van der Waals surface area contributed by atoms with Crippen LogP contribution in [0, 0.1) is 0 Å². The standard InChI is InChI=1S/C18H20BNO4/c1-3-6-23-18-8-13(4-5-17(18)22-2)14-7-15(11-20-10-14)16-9-19(21)24-12-16/h4-5,7-8,10-12,21H,3,6,9H2,1-2H3. The first kappa shape index (κ1) is 16.4. The molecule has 0 fully saturated rings. The average molecular weight is 325 g/mol. The summed E-state index contributed by atoms with van der Waals surface area (Å²) in [7, 11) is 0.868. The molecule has 24 heavy (non-hydrogen) atoms. The Morgan fingerprint density at radius 2 is 2.00 bits per heavy atom. The fourth-order valence-corrected chi connectivity index (χ4v) is 2.59. The van der Waals surface area contributed by atoms with Gasteiger partial charge in [0.05, 0.1) is 20.0 Å². The molecule has 1 N–H and O–H groups in total. The molecule has 0 unspecified atom stereocenters. The van der Waals surface area contributed by atoms with Gasteiger partial charge in [0, 0.05) is 24.3 Å². The lowest BCUT2D eigenvalue weighted by Gasteiger charge is -2.12. The van der Waals surface area contributed by atoms with E-state index in [2.05, 4.69) is 11.9 Å². The molecule has 5 nitrogen and oxygen atoms in total. The van der Waals surface area contributed by atoms with Crippen molar-refractivity contribution < 1.29 is 19.2 Å². The molecule has 3 rings (SSSR count). The van der Waals surface area contributed by atoms with Gasteiger partial charge in [0.15, 0.2) is 11.5 Å². The Labute approximate surface area is 142 Å². The van der Waals surface area contributed by atoms with E-state index in [1.807, 2.05) is 30.5 Å². The Balaban J connectivity index is 1.91. The van der Waals surface area contributed by atoms with Crippen molar-refractivity contribution in [3.8, 4) is 22.6 Å². The van der Waals surface area contributed by atoms with Gasteiger partial charge in [-0.15, -0.1) is 0 Å². The van der Waals surface area contributed by atoms with Crippen molar-refractivity contribution in [1.82, 2.24) is 4.98 Å². The molecule has 1 aromatic heterocycles. The molecule has 6 heteroatoms. The maximum absolute atomic E-state index is 9.50. The number of allylic oxidation sites excluding steroid dienone is 1. The van der Waals surface area contributed by atoms with E-state index in [0.29, 0.717) is 18.7 Å². The molecule has 0 saturated carbocycles. The van der Waals surface area contributed by atoms with E-state index in [0.717, 1.165) is 34.4 Å². The summed E-state index contributed by atoms with van der Waals surface area (Å²) in [6, 6.07) is 7.87. The lowest BCUT2D eigenvalue weighted by molar-refractivity contribution is 0.294. The van der Waals surface area contributed by atoms with Crippen LogP contribution < -0.4 is 9.47 Å². The van der Waals surface area contributed by atoms with Gasteiger partial charge < -0.3 is 19.2 Å². The predicted molar refractivity (Wildman–Crippen MR) is 93.9 cm³/mol. The van der Waals surface area contributed by atoms with E-state index in [9.17, 15) is 5.02 Å². The third kappa shape index (κ3) is 3.54. The Morgan fingerprint density at radius 1 is 1.17 bits per heavy atom. The highest BCUT2D eigenvalue weighted by molar-refractivity contribution is 6.47. The van der Waals surface area contributed by atoms with Crippen LogP contribution in [0.5, 0.6) is 11.5 Å². The van der Waals surface area contributed by atoms with Crippen LogP contribution >= 0.6 is 0 Å². The lowest BCUT2D eigenvalue weighted by Crippen LogP contribution is -2.08. The molecular formula is C18H20BNO4. The third-order valence-electron chi connectivity index (χ3n) is 3.83. The largest absolute Gasteiger partial charge is 0.542 e. The van der Waals surface area contributed by atoms with Crippen molar-refractivity contribution >= 4 is 12.7 Å². The normalized spacial score (nSPS) is 13.5. The minimum atomic E-state index is -0.765. The molecule has 0 spiro atoms. The molecule has 124 valence electrons. The molecule has 0 aliphatic carbocycles. The van der Waals surface area contributed by atoms with Gasteiger partial charge in [0.2, 0.25) is 0 Å². The van der Waals surface area contributed by atoms with E-state index < -0.39 is 7.12 Å². The second kappa shape index (κ2) is 7.40. The molecule has 1 aromatic carbocycles. The number of hydrogen-bond acceptors (Lipinski definition) is 5. The van der Waals surface area contributed by atoms with Crippen molar-refractivity contribution in [2.24, 2.45) is 0 Å². The van der Waals surface area contributed by atoms with Crippen LogP contribution in [0.4, 0.5) is 0 Å². The number of methoxy groups -OCH3 is 1. The molecule has 1 aliphatic rings. The Hall–Kier alpha value is -2.47. The number of aromatic nitrogens is 1. The van der Waals surface area contributed by atoms with Crippen LogP contribution in [-0.4, -0.2) is 30.8 Å². The molecule has 2 aromatic rings. The highest BCUT2D eigenvalue weighted by atomic mass is 16.5. The first-order chi connectivity index (χ1) is 11.7. The fraction of sp³-hybridized carbons (Fsp3) is 0.278. The lowest BCUT2D eigenvalue weighted by atomic mass is 9.82. The van der Waals surface area contributed by atoms with Gasteiger partial charge in [-0.2, -0.15) is 0 Å². The SMILES string of the molecule is CCCOc1cc(-c2cncc(C3=COB(O)C3)c2)ccc1OC. The predicted octanol–water partition coefficient (Wildman–Crippen LogP) is 3.40. The number of nitrogens with zero attached hydrogens (tertiary/aromatic N) is 1. The molecular weight excluding hydrogens is 305 g/mol. The zero-order chi connectivity index (χ0) is 16.9. The number of benzene rings is 1. The quantitative estimate of drug-likeness (QED) is 0.825. The number of hydrogen-bond donors (Lipinski definition) is 1. The van der Waals surface area contributed by atoms with Crippen molar-refractivity contribution in [3.05, 3.63) is 48.5 Å². The first-order valence-electron chi connectivity index (χ1n) is 8.00. The average Bonchev–Trinajstić information content (AvgIpc) is 3.06. The fourth-order valence-electron chi connectivity index (χ4n) is 2.59. The van der Waals surface area contributed by atoms with Crippen LogP contribution in [-0.2, 0) is 4.65 Å². The summed E-state index contributed by atoms with van der Waals surface area (Å²) in [6.45, 7) is 2.70. The number of ether oxygens (including phenoxy) is 2. The van der Waals surface area contributed by atoms with Crippen LogP contribution in [0.25, 0.3) is 16.7 Å². The van der Waals surface area contributed by atoms with Crippen molar-refractivity contribution in [2.45, 2.75) is 19.7 Å². The maximum Gasteiger partial charge on any atom is 0.526 e. The molecule has 0 radical (unpaired) electrons. The van der Waals surface area contributed by atoms with Crippen molar-refractivity contribution in [1.29, 1.82) is 0 Å². The van der Waals surface area contributed by atoms with Gasteiger partial charge in [-0.25, -0.2) is 0 Å². The summed E-state index contributed by atoms with van der Waals surface area (Å²) in [5.41, 5.74) is 3.85. The summed E-state index contributed by atoms with van der Waals surface area (Å²) in [5.74, 6) is 1.44. The maximum atomic E-state index is 9.50. The van der Waals surface area contributed by atoms with E-state index in [1.165, 1.54) is 0 Å². The van der Waals surface area contributed by atoms with Gasteiger partial charge >= 0.3 is 7.12 Å². The zero-order valence-corrected chi connectivity index (χ0v) is 13.9. The van der Waals surface area contributed by atoms with Crippen LogP contribution in [0.2, 0.25) is 6.32 Å². The highest BCUT2D eigenvalue weighted by Gasteiger charge is 2.24. The summed E-state index contributed by atoms with van der Waals surface area (Å²) >= 11 is 0. The van der Waals surface area contributed by atoms with Crippen LogP contribution in [0.1, 0.15) is 18.9 Å². The Bertz CT molecular complexity index is 748. The summed E-state index contributed by atoms with van der Waals surface area (Å²) in [4.78, 5) is 4.31. The summed E-state index contributed by atoms with van der Waals surface area (Å²) < 4.78 is 16.2. The van der Waals surface area contributed by atoms with Crippen molar-refractivity contribution in [2.75, 3.05) is 13.7 Å². The van der Waals surface area contributed by atoms with Gasteiger partial charge in [-0.1, -0.05) is 13.0 Å². The van der Waals surface area contributed by atoms with Gasteiger partial charge in [-0.05, 0) is 41.3 Å². The Morgan fingerprint density at radius 3 is 2.71 bits per heavy atom. The van der Waals surface area contributed by atoms with E-state index in [-0.39, 0.29) is 0 Å². The smallest absolute Gasteiger partial charge is 0.526 e. The highest BCUT2D eigenvalue weighted by Crippen LogP contribution is 2.34. The molecule has 2 heterocycles. The monoisotopic (exact) mass is 325 g/mol. The van der Waals surface area contributed by atoms with E-state index in [1.54, 1.807) is 19.6 Å².